The van der Waals surface area contributed by atoms with Gasteiger partial charge in [0, 0.05) is 0 Å². The van der Waals surface area contributed by atoms with Crippen LogP contribution in [0.4, 0.5) is 14.9 Å². The van der Waals surface area contributed by atoms with Crippen molar-refractivity contribution in [2.24, 2.45) is 0 Å². The number of nitrogens with one attached hydrogen (secondary N) is 1. The Kier molecular flexibility index (Phi) is 5.57. The number of carbonyl (C=O) groups excluding carboxylic acids is 3. The molecule has 1 fully saturated rings. The molecule has 0 spiro atoms. The fourth-order valence-corrected chi connectivity index (χ4v) is 3.03. The molecular weight excluding hydrogens is 431 g/mol. The maximum absolute atomic E-state index is 13.5. The Labute approximate surface area is 168 Å². The number of anilines is 1. The number of amides is 4. The summed E-state index contributed by atoms with van der Waals surface area (Å²) in [5, 5.41) is 2.08. The molecule has 0 unspecified atom stereocenters. The highest BCUT2D eigenvalue weighted by atomic mass is 79.9. The van der Waals surface area contributed by atoms with E-state index in [9.17, 15) is 18.8 Å². The van der Waals surface area contributed by atoms with Gasteiger partial charge in [-0.25, -0.2) is 14.1 Å². The van der Waals surface area contributed by atoms with Gasteiger partial charge in [-0.2, -0.15) is 0 Å². The summed E-state index contributed by atoms with van der Waals surface area (Å²) < 4.78 is 19.4. The van der Waals surface area contributed by atoms with Crippen LogP contribution in [0, 0.1) is 18.2 Å². The molecule has 1 aliphatic rings. The molecule has 0 atom stereocenters. The summed E-state index contributed by atoms with van der Waals surface area (Å²) in [5.41, 5.74) is 0.250. The Hall–Kier alpha value is -3.44. The number of ether oxygens (including phenoxy) is 1. The minimum Gasteiger partial charge on any atom is -0.480 e. The minimum atomic E-state index is -0.947. The van der Waals surface area contributed by atoms with Crippen molar-refractivity contribution in [3.05, 3.63) is 63.9 Å². The first-order valence-electron chi connectivity index (χ1n) is 7.93. The zero-order valence-electron chi connectivity index (χ0n) is 14.2. The number of benzene rings is 2. The molecule has 2 aromatic rings. The van der Waals surface area contributed by atoms with Crippen molar-refractivity contribution in [1.82, 2.24) is 5.32 Å². The first-order chi connectivity index (χ1) is 13.4. The maximum atomic E-state index is 13.5. The molecule has 140 valence electrons. The molecule has 1 saturated heterocycles. The predicted molar refractivity (Wildman–Crippen MR) is 104 cm³/mol. The summed E-state index contributed by atoms with van der Waals surface area (Å²) in [6.07, 6.45) is 6.48. The molecule has 28 heavy (non-hydrogen) atoms. The molecule has 1 aliphatic heterocycles. The predicted octanol–water partition coefficient (Wildman–Crippen LogP) is 3.27. The van der Waals surface area contributed by atoms with Crippen LogP contribution >= 0.6 is 15.9 Å². The highest BCUT2D eigenvalue weighted by Crippen LogP contribution is 2.28. The van der Waals surface area contributed by atoms with Crippen molar-refractivity contribution in [2.75, 3.05) is 11.5 Å². The number of rotatable bonds is 4. The lowest BCUT2D eigenvalue weighted by Gasteiger charge is -2.26. The van der Waals surface area contributed by atoms with Gasteiger partial charge in [0.05, 0.1) is 10.2 Å². The van der Waals surface area contributed by atoms with E-state index in [1.54, 1.807) is 18.2 Å². The van der Waals surface area contributed by atoms with Crippen LogP contribution in [0.5, 0.6) is 5.75 Å². The summed E-state index contributed by atoms with van der Waals surface area (Å²) in [4.78, 5) is 37.7. The van der Waals surface area contributed by atoms with E-state index in [0.29, 0.717) is 20.7 Å². The molecule has 0 saturated carbocycles. The van der Waals surface area contributed by atoms with E-state index in [1.165, 1.54) is 24.3 Å². The van der Waals surface area contributed by atoms with E-state index >= 15 is 0 Å². The van der Waals surface area contributed by atoms with Crippen LogP contribution in [-0.4, -0.2) is 24.5 Å². The fourth-order valence-electron chi connectivity index (χ4n) is 2.52. The van der Waals surface area contributed by atoms with E-state index in [1.807, 2.05) is 0 Å². The van der Waals surface area contributed by atoms with Gasteiger partial charge in [-0.1, -0.05) is 18.1 Å². The highest BCUT2D eigenvalue weighted by Gasteiger charge is 2.36. The maximum Gasteiger partial charge on any atom is 0.335 e. The minimum absolute atomic E-state index is 0.0140. The van der Waals surface area contributed by atoms with Gasteiger partial charge in [0.1, 0.15) is 23.7 Å². The molecule has 0 radical (unpaired) electrons. The highest BCUT2D eigenvalue weighted by molar-refractivity contribution is 9.10. The third-order valence-electron chi connectivity index (χ3n) is 3.75. The third-order valence-corrected chi connectivity index (χ3v) is 4.37. The molecule has 8 heteroatoms. The average Bonchev–Trinajstić information content (AvgIpc) is 2.64. The van der Waals surface area contributed by atoms with Crippen molar-refractivity contribution in [1.29, 1.82) is 0 Å². The Balaban J connectivity index is 1.95. The van der Waals surface area contributed by atoms with Gasteiger partial charge in [-0.15, -0.1) is 6.42 Å². The van der Waals surface area contributed by atoms with E-state index < -0.39 is 23.7 Å². The number of urea groups is 1. The number of hydrogen-bond donors (Lipinski definition) is 1. The van der Waals surface area contributed by atoms with Crippen LogP contribution in [0.25, 0.3) is 6.08 Å². The number of carbonyl (C=O) groups is 3. The van der Waals surface area contributed by atoms with Crippen molar-refractivity contribution < 1.29 is 23.5 Å². The lowest BCUT2D eigenvalue weighted by atomic mass is 10.1. The summed E-state index contributed by atoms with van der Waals surface area (Å²) in [6.45, 7) is 0.0879. The van der Waals surface area contributed by atoms with Crippen LogP contribution in [-0.2, 0) is 9.59 Å². The molecule has 6 nitrogen and oxygen atoms in total. The van der Waals surface area contributed by atoms with Gasteiger partial charge in [0.2, 0.25) is 0 Å². The topological polar surface area (TPSA) is 75.7 Å². The van der Waals surface area contributed by atoms with E-state index in [4.69, 9.17) is 11.2 Å². The number of halogens is 2. The summed E-state index contributed by atoms with van der Waals surface area (Å²) in [7, 11) is 0. The molecule has 4 amide bonds. The number of nitrogens with zero attached hydrogens (tertiary/aromatic N) is 1. The van der Waals surface area contributed by atoms with Crippen LogP contribution in [0.2, 0.25) is 0 Å². The Morgan fingerprint density at radius 3 is 2.68 bits per heavy atom. The Bertz CT molecular complexity index is 1060. The van der Waals surface area contributed by atoms with Gasteiger partial charge >= 0.3 is 6.03 Å². The first kappa shape index (κ1) is 19.3. The van der Waals surface area contributed by atoms with Crippen molar-refractivity contribution in [3.63, 3.8) is 0 Å². The van der Waals surface area contributed by atoms with E-state index in [0.717, 1.165) is 6.07 Å². The fraction of sp³-hybridized carbons (Fsp3) is 0.0500. The van der Waals surface area contributed by atoms with Gasteiger partial charge in [0.15, 0.2) is 0 Å². The number of barbiturate groups is 1. The van der Waals surface area contributed by atoms with Gasteiger partial charge in [-0.3, -0.25) is 14.9 Å². The van der Waals surface area contributed by atoms with Crippen LogP contribution in [0.1, 0.15) is 5.56 Å². The molecule has 0 bridgehead atoms. The van der Waals surface area contributed by atoms with E-state index in [-0.39, 0.29) is 17.9 Å². The molecule has 0 aliphatic carbocycles. The average molecular weight is 443 g/mol. The van der Waals surface area contributed by atoms with E-state index in [2.05, 4.69) is 27.2 Å². The second kappa shape index (κ2) is 8.06. The van der Waals surface area contributed by atoms with Crippen LogP contribution < -0.4 is 15.0 Å². The van der Waals surface area contributed by atoms with Crippen molar-refractivity contribution in [3.8, 4) is 18.1 Å². The van der Waals surface area contributed by atoms with Crippen molar-refractivity contribution >= 4 is 45.5 Å². The summed E-state index contributed by atoms with van der Waals surface area (Å²) in [5.74, 6) is 0.526. The monoisotopic (exact) mass is 442 g/mol. The lowest BCUT2D eigenvalue weighted by molar-refractivity contribution is -0.122. The smallest absolute Gasteiger partial charge is 0.335 e. The number of terminal acetylenes is 1. The number of imide groups is 2. The molecule has 1 heterocycles. The summed E-state index contributed by atoms with van der Waals surface area (Å²) >= 11 is 3.32. The third kappa shape index (κ3) is 3.94. The first-order valence-corrected chi connectivity index (χ1v) is 8.73. The second-order valence-corrected chi connectivity index (χ2v) is 6.47. The SMILES string of the molecule is C#CCOc1ccc(/C=C2/C(=O)NC(=O)N(c3cccc(F)c3)C2=O)cc1Br. The Morgan fingerprint density at radius 1 is 1.21 bits per heavy atom. The number of hydrogen-bond acceptors (Lipinski definition) is 4. The van der Waals surface area contributed by atoms with Crippen molar-refractivity contribution in [2.45, 2.75) is 0 Å². The molecule has 2 aromatic carbocycles. The molecule has 3 rings (SSSR count). The van der Waals surface area contributed by atoms with Gasteiger partial charge < -0.3 is 4.74 Å². The molecular formula is C20H12BrFN2O4. The molecule has 1 N–H and O–H groups in total. The quantitative estimate of drug-likeness (QED) is 0.447. The molecule has 0 aromatic heterocycles. The van der Waals surface area contributed by atoms with Crippen LogP contribution in [0.15, 0.2) is 52.5 Å². The summed E-state index contributed by atoms with van der Waals surface area (Å²) in [6, 6.07) is 8.87. The second-order valence-electron chi connectivity index (χ2n) is 5.62. The Morgan fingerprint density at radius 2 is 2.00 bits per heavy atom. The van der Waals surface area contributed by atoms with Gasteiger partial charge in [-0.05, 0) is 57.9 Å². The van der Waals surface area contributed by atoms with Gasteiger partial charge in [0.25, 0.3) is 11.8 Å². The lowest BCUT2D eigenvalue weighted by Crippen LogP contribution is -2.54. The standard InChI is InChI=1S/C20H12BrFN2O4/c1-2-8-28-17-7-6-12(10-16(17)21)9-15-18(25)23-20(27)24(19(15)26)14-5-3-4-13(22)11-14/h1,3-7,9-11H,8H2,(H,23,25,27)/b15-9-. The largest absolute Gasteiger partial charge is 0.480 e. The zero-order valence-corrected chi connectivity index (χ0v) is 15.8. The van der Waals surface area contributed by atoms with Crippen LogP contribution in [0.3, 0.4) is 0 Å². The zero-order chi connectivity index (χ0) is 20.3. The normalized spacial score (nSPS) is 15.4.